The molecule has 0 aliphatic carbocycles. The molecule has 0 saturated heterocycles. The summed E-state index contributed by atoms with van der Waals surface area (Å²) in [5.41, 5.74) is 2.32. The van der Waals surface area contributed by atoms with Crippen LogP contribution in [-0.2, 0) is 9.53 Å². The fourth-order valence-corrected chi connectivity index (χ4v) is 2.03. The highest BCUT2D eigenvalue weighted by atomic mass is 127. The number of ether oxygens (including phenoxy) is 1. The smallest absolute Gasteiger partial charge is 0.326 e. The van der Waals surface area contributed by atoms with Gasteiger partial charge in [-0.1, -0.05) is 26.0 Å². The lowest BCUT2D eigenvalue weighted by molar-refractivity contribution is -0.141. The summed E-state index contributed by atoms with van der Waals surface area (Å²) in [4.78, 5) is 11.3. The van der Waals surface area contributed by atoms with Crippen molar-refractivity contribution in [2.45, 2.75) is 26.7 Å². The first-order chi connectivity index (χ1) is 8.04. The first kappa shape index (κ1) is 14.3. The van der Waals surface area contributed by atoms with Crippen LogP contribution in [0.25, 0.3) is 0 Å². The van der Waals surface area contributed by atoms with Crippen molar-refractivity contribution in [2.75, 3.05) is 16.3 Å². The highest BCUT2D eigenvalue weighted by Gasteiger charge is 2.09. The van der Waals surface area contributed by atoms with E-state index < -0.39 is 0 Å². The van der Waals surface area contributed by atoms with Gasteiger partial charge >= 0.3 is 5.97 Å². The predicted octanol–water partition coefficient (Wildman–Crippen LogP) is 3.53. The molecule has 0 aromatic heterocycles. The van der Waals surface area contributed by atoms with E-state index in [1.54, 1.807) is 0 Å². The molecule has 0 N–H and O–H groups in total. The van der Waals surface area contributed by atoms with Gasteiger partial charge < -0.3 is 7.85 Å². The zero-order valence-electron chi connectivity index (χ0n) is 10.4. The molecule has 0 fully saturated rings. The van der Waals surface area contributed by atoms with Crippen LogP contribution in [0.4, 0.5) is 5.69 Å². The average molecular weight is 347 g/mol. The number of benzene rings is 1. The zero-order chi connectivity index (χ0) is 12.8. The molecule has 3 nitrogen and oxygen atoms in total. The van der Waals surface area contributed by atoms with Crippen LogP contribution < -0.4 is 3.11 Å². The van der Waals surface area contributed by atoms with Crippen LogP contribution in [0.3, 0.4) is 0 Å². The van der Waals surface area contributed by atoms with Crippen LogP contribution in [0.15, 0.2) is 24.3 Å². The minimum atomic E-state index is -0.199. The summed E-state index contributed by atoms with van der Waals surface area (Å²) in [6.45, 7) is 6.84. The highest BCUT2D eigenvalue weighted by molar-refractivity contribution is 14.1. The fraction of sp³-hybridized carbons (Fsp3) is 0.462. The van der Waals surface area contributed by atoms with E-state index in [4.69, 9.17) is 4.74 Å². The third-order valence-electron chi connectivity index (χ3n) is 2.41. The zero-order valence-corrected chi connectivity index (χ0v) is 12.6. The lowest BCUT2D eigenvalue weighted by atomic mass is 10.0. The van der Waals surface area contributed by atoms with E-state index in [0.717, 1.165) is 5.69 Å². The largest absolute Gasteiger partial charge is 0.465 e. The van der Waals surface area contributed by atoms with Gasteiger partial charge in [0.05, 0.1) is 29.5 Å². The van der Waals surface area contributed by atoms with E-state index >= 15 is 0 Å². The number of rotatable bonds is 5. The molecule has 0 spiro atoms. The summed E-state index contributed by atoms with van der Waals surface area (Å²) in [5.74, 6) is 0.326. The SMILES string of the molecule is CCOC(=O)CN(I)c1ccc(C(C)C)cc1. The molecule has 17 heavy (non-hydrogen) atoms. The number of halogens is 1. The molecule has 0 atom stereocenters. The normalized spacial score (nSPS) is 10.4. The third-order valence-corrected chi connectivity index (χ3v) is 3.31. The second-order valence-corrected chi connectivity index (χ2v) is 5.24. The quantitative estimate of drug-likeness (QED) is 0.464. The second-order valence-electron chi connectivity index (χ2n) is 4.07. The maximum Gasteiger partial charge on any atom is 0.326 e. The Bertz CT molecular complexity index is 362. The Morgan fingerprint density at radius 3 is 2.41 bits per heavy atom. The molecule has 0 aliphatic rings. The Labute approximate surface area is 117 Å². The maximum absolute atomic E-state index is 11.3. The Morgan fingerprint density at radius 2 is 1.94 bits per heavy atom. The second kappa shape index (κ2) is 6.83. The van der Waals surface area contributed by atoms with E-state index in [1.807, 2.05) is 22.2 Å². The highest BCUT2D eigenvalue weighted by Crippen LogP contribution is 2.22. The van der Waals surface area contributed by atoms with E-state index in [1.165, 1.54) is 5.56 Å². The van der Waals surface area contributed by atoms with E-state index in [9.17, 15) is 4.79 Å². The summed E-state index contributed by atoms with van der Waals surface area (Å²) >= 11 is 2.12. The molecule has 1 aromatic carbocycles. The van der Waals surface area contributed by atoms with Crippen molar-refractivity contribution < 1.29 is 9.53 Å². The lowest BCUT2D eigenvalue weighted by Gasteiger charge is -2.16. The summed E-state index contributed by atoms with van der Waals surface area (Å²) < 4.78 is 6.77. The van der Waals surface area contributed by atoms with Gasteiger partial charge in [0.2, 0.25) is 0 Å². The monoisotopic (exact) mass is 347 g/mol. The topological polar surface area (TPSA) is 29.5 Å². The van der Waals surface area contributed by atoms with Gasteiger partial charge in [-0.2, -0.15) is 0 Å². The molecule has 4 heteroatoms. The molecular formula is C13H18INO2. The molecule has 0 unspecified atom stereocenters. The van der Waals surface area contributed by atoms with Crippen LogP contribution in [-0.4, -0.2) is 19.1 Å². The number of carbonyl (C=O) groups is 1. The van der Waals surface area contributed by atoms with Gasteiger partial charge in [-0.15, -0.1) is 0 Å². The van der Waals surface area contributed by atoms with E-state index in [0.29, 0.717) is 12.5 Å². The standard InChI is InChI=1S/C13H18INO2/c1-4-17-13(16)9-15(14)12-7-5-11(6-8-12)10(2)3/h5-8,10H,4,9H2,1-3H3. The Balaban J connectivity index is 2.63. The number of hydrogen-bond acceptors (Lipinski definition) is 3. The van der Waals surface area contributed by atoms with Crippen LogP contribution in [0.2, 0.25) is 0 Å². The van der Waals surface area contributed by atoms with Crippen molar-refractivity contribution >= 4 is 34.5 Å². The van der Waals surface area contributed by atoms with Crippen molar-refractivity contribution in [2.24, 2.45) is 0 Å². The van der Waals surface area contributed by atoms with Crippen molar-refractivity contribution in [3.8, 4) is 0 Å². The van der Waals surface area contributed by atoms with Gasteiger partial charge in [0.15, 0.2) is 0 Å². The minimum absolute atomic E-state index is 0.199. The molecule has 0 saturated carbocycles. The van der Waals surface area contributed by atoms with Crippen LogP contribution in [0.1, 0.15) is 32.3 Å². The molecule has 0 aliphatic heterocycles. The number of nitrogens with zero attached hydrogens (tertiary/aromatic N) is 1. The van der Waals surface area contributed by atoms with Gasteiger partial charge in [0.1, 0.15) is 6.54 Å². The van der Waals surface area contributed by atoms with Gasteiger partial charge in [0, 0.05) is 5.69 Å². The molecular weight excluding hydrogens is 329 g/mol. The molecule has 1 aromatic rings. The Morgan fingerprint density at radius 1 is 1.35 bits per heavy atom. The first-order valence-corrected chi connectivity index (χ1v) is 6.70. The molecule has 0 amide bonds. The van der Waals surface area contributed by atoms with Gasteiger partial charge in [-0.3, -0.25) is 4.79 Å². The number of carbonyl (C=O) groups excluding carboxylic acids is 1. The van der Waals surface area contributed by atoms with Crippen molar-refractivity contribution in [3.05, 3.63) is 29.8 Å². The van der Waals surface area contributed by atoms with Gasteiger partial charge in [-0.05, 0) is 30.5 Å². The van der Waals surface area contributed by atoms with Crippen LogP contribution in [0.5, 0.6) is 0 Å². The molecule has 1 rings (SSSR count). The summed E-state index contributed by atoms with van der Waals surface area (Å²) in [6.07, 6.45) is 0. The van der Waals surface area contributed by atoms with Crippen molar-refractivity contribution in [3.63, 3.8) is 0 Å². The minimum Gasteiger partial charge on any atom is -0.465 e. The number of hydrogen-bond donors (Lipinski definition) is 0. The maximum atomic E-state index is 11.3. The van der Waals surface area contributed by atoms with Crippen LogP contribution in [0, 0.1) is 0 Å². The first-order valence-electron chi connectivity index (χ1n) is 5.73. The summed E-state index contributed by atoms with van der Waals surface area (Å²) in [7, 11) is 0. The number of anilines is 1. The number of esters is 1. The van der Waals surface area contributed by atoms with Gasteiger partial charge in [-0.25, -0.2) is 0 Å². The Hall–Kier alpha value is -0.780. The van der Waals surface area contributed by atoms with E-state index in [2.05, 4.69) is 48.8 Å². The van der Waals surface area contributed by atoms with Crippen molar-refractivity contribution in [1.82, 2.24) is 0 Å². The van der Waals surface area contributed by atoms with E-state index in [-0.39, 0.29) is 12.5 Å². The molecule has 0 heterocycles. The summed E-state index contributed by atoms with van der Waals surface area (Å²) in [5, 5.41) is 0. The third kappa shape index (κ3) is 4.53. The summed E-state index contributed by atoms with van der Waals surface area (Å²) in [6, 6.07) is 8.25. The van der Waals surface area contributed by atoms with Crippen molar-refractivity contribution in [1.29, 1.82) is 0 Å². The predicted molar refractivity (Wildman–Crippen MR) is 78.5 cm³/mol. The molecule has 94 valence electrons. The molecule has 0 bridgehead atoms. The Kier molecular flexibility index (Phi) is 5.74. The van der Waals surface area contributed by atoms with Crippen LogP contribution >= 0.6 is 22.9 Å². The van der Waals surface area contributed by atoms with Gasteiger partial charge in [0.25, 0.3) is 0 Å². The average Bonchev–Trinajstić information content (AvgIpc) is 2.29. The molecule has 0 radical (unpaired) electrons. The lowest BCUT2D eigenvalue weighted by Crippen LogP contribution is -2.22. The fourth-order valence-electron chi connectivity index (χ4n) is 1.43.